The molecule has 1 fully saturated rings. The molecule has 0 radical (unpaired) electrons. The Hall–Kier alpha value is -2.26. The molecule has 1 amide bonds. The number of nitrogens with two attached hydrogens (primary N) is 1. The molecule has 1 aliphatic rings. The average molecular weight is 393 g/mol. The van der Waals surface area contributed by atoms with Crippen LogP contribution in [0.15, 0.2) is 18.2 Å². The molecule has 2 N–H and O–H groups in total. The molecule has 154 valence electrons. The first-order chi connectivity index (χ1) is 13.0. The van der Waals surface area contributed by atoms with Crippen molar-refractivity contribution < 1.29 is 33.1 Å². The first-order valence-corrected chi connectivity index (χ1v) is 9.02. The molecule has 8 nitrogen and oxygen atoms in total. The van der Waals surface area contributed by atoms with Crippen molar-refractivity contribution in [2.24, 2.45) is 5.73 Å². The van der Waals surface area contributed by atoms with E-state index in [1.54, 1.807) is 18.2 Å². The lowest BCUT2D eigenvalue weighted by molar-refractivity contribution is -0.140. The molecule has 2 rings (SSSR count). The van der Waals surface area contributed by atoms with Crippen LogP contribution in [0.3, 0.4) is 0 Å². The van der Waals surface area contributed by atoms with Crippen LogP contribution in [0.4, 0.5) is 0 Å². The van der Waals surface area contributed by atoms with Gasteiger partial charge in [-0.15, -0.1) is 0 Å². The summed E-state index contributed by atoms with van der Waals surface area (Å²) in [5.41, 5.74) is 4.80. The minimum absolute atomic E-state index is 0.0674. The molecule has 0 aliphatic carbocycles. The van der Waals surface area contributed by atoms with Gasteiger partial charge in [-0.3, -0.25) is 9.59 Å². The summed E-state index contributed by atoms with van der Waals surface area (Å²) >= 11 is 0. The van der Waals surface area contributed by atoms with E-state index < -0.39 is 30.0 Å². The van der Waals surface area contributed by atoms with Gasteiger partial charge in [0.1, 0.15) is 0 Å². The highest BCUT2D eigenvalue weighted by Crippen LogP contribution is 2.43. The number of methoxy groups -OCH3 is 2. The van der Waals surface area contributed by atoms with Crippen LogP contribution in [-0.2, 0) is 23.6 Å². The Bertz CT molecular complexity index is 719. The predicted octanol–water partition coefficient (Wildman–Crippen LogP) is 1.84. The van der Waals surface area contributed by atoms with Crippen molar-refractivity contribution >= 4 is 19.0 Å². The van der Waals surface area contributed by atoms with E-state index in [2.05, 4.69) is 0 Å². The fraction of sp³-hybridized carbons (Fsp3) is 0.579. The minimum Gasteiger partial charge on any atom is -0.493 e. The number of rotatable bonds is 8. The van der Waals surface area contributed by atoms with Crippen molar-refractivity contribution in [2.75, 3.05) is 20.8 Å². The maximum absolute atomic E-state index is 12.0. The topological polar surface area (TPSA) is 106 Å². The number of ether oxygens (including phenoxy) is 3. The van der Waals surface area contributed by atoms with E-state index in [1.165, 1.54) is 14.2 Å². The van der Waals surface area contributed by atoms with Crippen molar-refractivity contribution in [1.82, 2.24) is 0 Å². The molecule has 0 saturated carbocycles. The maximum atomic E-state index is 12.0. The van der Waals surface area contributed by atoms with E-state index in [0.29, 0.717) is 11.5 Å². The number of amides is 1. The summed E-state index contributed by atoms with van der Waals surface area (Å²) in [6.07, 6.45) is 0.0674. The predicted molar refractivity (Wildman–Crippen MR) is 103 cm³/mol. The van der Waals surface area contributed by atoms with Crippen LogP contribution >= 0.6 is 0 Å². The van der Waals surface area contributed by atoms with E-state index in [0.717, 1.165) is 5.56 Å². The highest BCUT2D eigenvalue weighted by atomic mass is 16.7. The van der Waals surface area contributed by atoms with Gasteiger partial charge in [0.15, 0.2) is 18.1 Å². The fourth-order valence-corrected chi connectivity index (χ4v) is 2.87. The average Bonchev–Trinajstić information content (AvgIpc) is 2.84. The van der Waals surface area contributed by atoms with Crippen molar-refractivity contribution in [3.63, 3.8) is 0 Å². The zero-order valence-electron chi connectivity index (χ0n) is 17.2. The van der Waals surface area contributed by atoms with Crippen molar-refractivity contribution in [2.45, 2.75) is 51.1 Å². The molecule has 0 bridgehead atoms. The summed E-state index contributed by atoms with van der Waals surface area (Å²) in [6, 6.07) is 5.17. The van der Waals surface area contributed by atoms with Crippen LogP contribution in [0, 0.1) is 0 Å². The number of esters is 1. The number of primary amides is 1. The Morgan fingerprint density at radius 3 is 2.21 bits per heavy atom. The lowest BCUT2D eigenvalue weighted by Gasteiger charge is -2.32. The van der Waals surface area contributed by atoms with Crippen molar-refractivity contribution in [3.8, 4) is 11.5 Å². The molecule has 1 heterocycles. The zero-order chi connectivity index (χ0) is 21.1. The Morgan fingerprint density at radius 2 is 1.71 bits per heavy atom. The van der Waals surface area contributed by atoms with E-state index in [4.69, 9.17) is 29.3 Å². The molecule has 1 aromatic rings. The third-order valence-corrected chi connectivity index (χ3v) is 5.20. The molecule has 0 aromatic heterocycles. The molecule has 0 spiro atoms. The van der Waals surface area contributed by atoms with Crippen molar-refractivity contribution in [1.29, 1.82) is 0 Å². The summed E-state index contributed by atoms with van der Waals surface area (Å²) < 4.78 is 27.9. The molecule has 1 aromatic carbocycles. The van der Waals surface area contributed by atoms with Gasteiger partial charge in [-0.2, -0.15) is 0 Å². The first-order valence-electron chi connectivity index (χ1n) is 9.02. The second-order valence-corrected chi connectivity index (χ2v) is 7.68. The quantitative estimate of drug-likeness (QED) is 0.531. The van der Waals surface area contributed by atoms with Gasteiger partial charge in [0, 0.05) is 5.82 Å². The molecule has 28 heavy (non-hydrogen) atoms. The number of carbonyl (C=O) groups excluding carboxylic acids is 2. The molecular weight excluding hydrogens is 365 g/mol. The molecule has 9 heteroatoms. The second-order valence-electron chi connectivity index (χ2n) is 7.68. The lowest BCUT2D eigenvalue weighted by Crippen LogP contribution is -2.41. The third-order valence-electron chi connectivity index (χ3n) is 5.20. The number of hydrogen-bond donors (Lipinski definition) is 1. The van der Waals surface area contributed by atoms with Gasteiger partial charge >= 0.3 is 13.1 Å². The van der Waals surface area contributed by atoms with Gasteiger partial charge in [-0.1, -0.05) is 6.07 Å². The highest BCUT2D eigenvalue weighted by Gasteiger charge is 2.54. The second kappa shape index (κ2) is 8.40. The van der Waals surface area contributed by atoms with Gasteiger partial charge < -0.3 is 29.3 Å². The molecule has 1 aliphatic heterocycles. The van der Waals surface area contributed by atoms with Crippen LogP contribution < -0.4 is 15.2 Å². The lowest BCUT2D eigenvalue weighted by atomic mass is 9.66. The van der Waals surface area contributed by atoms with Crippen LogP contribution in [0.5, 0.6) is 11.5 Å². The zero-order valence-corrected chi connectivity index (χ0v) is 17.2. The summed E-state index contributed by atoms with van der Waals surface area (Å²) in [6.45, 7) is 7.53. The van der Waals surface area contributed by atoms with Gasteiger partial charge in [0.2, 0.25) is 0 Å². The van der Waals surface area contributed by atoms with Crippen LogP contribution in [0.1, 0.15) is 45.5 Å². The van der Waals surface area contributed by atoms with Gasteiger partial charge in [0.25, 0.3) is 5.91 Å². The van der Waals surface area contributed by atoms with E-state index in [-0.39, 0.29) is 19.0 Å². The largest absolute Gasteiger partial charge is 0.493 e. The van der Waals surface area contributed by atoms with Gasteiger partial charge in [0.05, 0.1) is 31.8 Å². The monoisotopic (exact) mass is 393 g/mol. The summed E-state index contributed by atoms with van der Waals surface area (Å²) in [7, 11) is 2.18. The smallest absolute Gasteiger partial charge is 0.466 e. The Labute approximate surface area is 165 Å². The standard InChI is InChI=1S/C19H28BNO7/c1-18(2)19(3,4)28-20(27-18)13(10-17(23)25-6)12-7-8-14(15(9-12)24-5)26-11-16(21)22/h7-9,13H,10-11H2,1-6H3,(H2,21,22). The van der Waals surface area contributed by atoms with Crippen LogP contribution in [-0.4, -0.2) is 51.0 Å². The fourth-order valence-electron chi connectivity index (χ4n) is 2.87. The normalized spacial score (nSPS) is 18.4. The molecule has 1 saturated heterocycles. The first kappa shape index (κ1) is 22.0. The van der Waals surface area contributed by atoms with Crippen molar-refractivity contribution in [3.05, 3.63) is 23.8 Å². The Balaban J connectivity index is 2.36. The van der Waals surface area contributed by atoms with E-state index in [1.807, 2.05) is 27.7 Å². The number of hydrogen-bond acceptors (Lipinski definition) is 7. The molecule has 1 atom stereocenters. The van der Waals surface area contributed by atoms with Gasteiger partial charge in [-0.05, 0) is 45.4 Å². The van der Waals surface area contributed by atoms with Gasteiger partial charge in [-0.25, -0.2) is 0 Å². The van der Waals surface area contributed by atoms with E-state index in [9.17, 15) is 9.59 Å². The number of benzene rings is 1. The summed E-state index contributed by atoms with van der Waals surface area (Å²) in [4.78, 5) is 23.0. The highest BCUT2D eigenvalue weighted by molar-refractivity contribution is 6.48. The molecular formula is C19H28BNO7. The summed E-state index contributed by atoms with van der Waals surface area (Å²) in [5.74, 6) is -0.617. The Kier molecular flexibility index (Phi) is 6.61. The van der Waals surface area contributed by atoms with Crippen LogP contribution in [0.25, 0.3) is 0 Å². The SMILES string of the molecule is COC(=O)CC(B1OC(C)(C)C(C)(C)O1)c1ccc(OCC(N)=O)c(OC)c1. The van der Waals surface area contributed by atoms with E-state index >= 15 is 0 Å². The number of carbonyl (C=O) groups is 2. The minimum atomic E-state index is -0.647. The third kappa shape index (κ3) is 4.77. The van der Waals surface area contributed by atoms with Crippen LogP contribution in [0.2, 0.25) is 0 Å². The molecule has 1 unspecified atom stereocenters. The summed E-state index contributed by atoms with van der Waals surface area (Å²) in [5, 5.41) is 0. The maximum Gasteiger partial charge on any atom is 0.466 e. The Morgan fingerprint density at radius 1 is 1.11 bits per heavy atom.